The lowest BCUT2D eigenvalue weighted by molar-refractivity contribution is -0.131. The lowest BCUT2D eigenvalue weighted by atomic mass is 10.0. The third-order valence-electron chi connectivity index (χ3n) is 4.43. The maximum absolute atomic E-state index is 12.4. The summed E-state index contributed by atoms with van der Waals surface area (Å²) in [4.78, 5) is 21.0. The molecular formula is C18H23N3OS. The summed E-state index contributed by atoms with van der Waals surface area (Å²) in [5.74, 6) is 0.267. The minimum Gasteiger partial charge on any atom is -0.345 e. The highest BCUT2D eigenvalue weighted by molar-refractivity contribution is 7.13. The van der Waals surface area contributed by atoms with Crippen molar-refractivity contribution in [3.8, 4) is 0 Å². The van der Waals surface area contributed by atoms with Gasteiger partial charge in [0.15, 0.2) is 5.13 Å². The second-order valence-corrected chi connectivity index (χ2v) is 6.99. The summed E-state index contributed by atoms with van der Waals surface area (Å²) in [5.41, 5.74) is 3.84. The average Bonchev–Trinajstić information content (AvgIpc) is 3.08. The van der Waals surface area contributed by atoms with Crippen LogP contribution in [-0.2, 0) is 11.2 Å². The monoisotopic (exact) mass is 329 g/mol. The summed E-state index contributed by atoms with van der Waals surface area (Å²) in [6, 6.07) is 6.46. The molecule has 1 fully saturated rings. The molecule has 0 bridgehead atoms. The number of nitrogens with zero attached hydrogens (tertiary/aromatic N) is 3. The molecule has 0 saturated carbocycles. The molecule has 0 spiro atoms. The summed E-state index contributed by atoms with van der Waals surface area (Å²) in [5, 5.41) is 3.06. The Kier molecular flexibility index (Phi) is 4.96. The molecule has 1 aliphatic heterocycles. The number of piperazine rings is 1. The molecular weight excluding hydrogens is 306 g/mol. The van der Waals surface area contributed by atoms with E-state index in [1.807, 2.05) is 16.5 Å². The fourth-order valence-electron chi connectivity index (χ4n) is 3.05. The predicted molar refractivity (Wildman–Crippen MR) is 95.1 cm³/mol. The molecule has 0 unspecified atom stereocenters. The summed E-state index contributed by atoms with van der Waals surface area (Å²) >= 11 is 1.66. The molecule has 1 saturated heterocycles. The Bertz CT molecular complexity index is 661. The van der Waals surface area contributed by atoms with Crippen LogP contribution in [0.1, 0.15) is 23.1 Å². The van der Waals surface area contributed by atoms with Gasteiger partial charge in [-0.15, -0.1) is 11.3 Å². The lowest BCUT2D eigenvalue weighted by Gasteiger charge is -2.34. The van der Waals surface area contributed by atoms with Crippen molar-refractivity contribution in [1.82, 2.24) is 9.88 Å². The van der Waals surface area contributed by atoms with E-state index in [0.29, 0.717) is 6.42 Å². The Hall–Kier alpha value is -1.88. The quantitative estimate of drug-likeness (QED) is 0.865. The van der Waals surface area contributed by atoms with Crippen LogP contribution in [0.4, 0.5) is 5.13 Å². The van der Waals surface area contributed by atoms with E-state index < -0.39 is 0 Å². The zero-order valence-electron chi connectivity index (χ0n) is 13.8. The molecule has 1 aromatic heterocycles. The first-order valence-corrected chi connectivity index (χ1v) is 9.00. The first-order chi connectivity index (χ1) is 11.1. The van der Waals surface area contributed by atoms with Crippen LogP contribution in [-0.4, -0.2) is 42.0 Å². The van der Waals surface area contributed by atoms with E-state index in [0.717, 1.165) is 37.7 Å². The van der Waals surface area contributed by atoms with E-state index in [2.05, 4.69) is 41.9 Å². The van der Waals surface area contributed by atoms with Gasteiger partial charge in [0.1, 0.15) is 0 Å². The van der Waals surface area contributed by atoms with Gasteiger partial charge in [-0.05, 0) is 31.4 Å². The number of rotatable bonds is 4. The smallest absolute Gasteiger partial charge is 0.223 e. The van der Waals surface area contributed by atoms with Crippen molar-refractivity contribution in [3.05, 3.63) is 46.5 Å². The van der Waals surface area contributed by atoms with Crippen LogP contribution >= 0.6 is 11.3 Å². The van der Waals surface area contributed by atoms with E-state index >= 15 is 0 Å². The second kappa shape index (κ2) is 7.13. The molecule has 0 radical (unpaired) electrons. The van der Waals surface area contributed by atoms with Crippen molar-refractivity contribution in [2.75, 3.05) is 31.1 Å². The number of anilines is 1. The molecule has 2 aromatic rings. The molecule has 1 aliphatic rings. The van der Waals surface area contributed by atoms with Gasteiger partial charge in [0.2, 0.25) is 5.91 Å². The Morgan fingerprint density at radius 2 is 2.00 bits per heavy atom. The van der Waals surface area contributed by atoms with Gasteiger partial charge in [-0.2, -0.15) is 0 Å². The minimum absolute atomic E-state index is 0.267. The Balaban J connectivity index is 1.50. The van der Waals surface area contributed by atoms with Gasteiger partial charge < -0.3 is 9.80 Å². The maximum Gasteiger partial charge on any atom is 0.223 e. The SMILES string of the molecule is Cc1ccc(CCC(=O)N2CCN(c3nccs3)CC2)c(C)c1. The van der Waals surface area contributed by atoms with Crippen molar-refractivity contribution < 1.29 is 4.79 Å². The highest BCUT2D eigenvalue weighted by Gasteiger charge is 2.22. The van der Waals surface area contributed by atoms with Crippen molar-refractivity contribution in [2.45, 2.75) is 26.7 Å². The zero-order chi connectivity index (χ0) is 16.2. The van der Waals surface area contributed by atoms with E-state index in [1.165, 1.54) is 16.7 Å². The Morgan fingerprint density at radius 1 is 1.22 bits per heavy atom. The van der Waals surface area contributed by atoms with Crippen molar-refractivity contribution >= 4 is 22.4 Å². The first-order valence-electron chi connectivity index (χ1n) is 8.12. The number of carbonyl (C=O) groups is 1. The van der Waals surface area contributed by atoms with E-state index in [4.69, 9.17) is 0 Å². The topological polar surface area (TPSA) is 36.4 Å². The molecule has 23 heavy (non-hydrogen) atoms. The third-order valence-corrected chi connectivity index (χ3v) is 5.26. The van der Waals surface area contributed by atoms with Gasteiger partial charge in [-0.25, -0.2) is 4.98 Å². The van der Waals surface area contributed by atoms with Crippen molar-refractivity contribution in [3.63, 3.8) is 0 Å². The Morgan fingerprint density at radius 3 is 2.65 bits per heavy atom. The molecule has 5 heteroatoms. The predicted octanol–water partition coefficient (Wildman–Crippen LogP) is 3.04. The van der Waals surface area contributed by atoms with Crippen LogP contribution < -0.4 is 4.90 Å². The fourth-order valence-corrected chi connectivity index (χ4v) is 3.74. The maximum atomic E-state index is 12.4. The van der Waals surface area contributed by atoms with Gasteiger partial charge in [-0.3, -0.25) is 4.79 Å². The molecule has 2 heterocycles. The number of carbonyl (C=O) groups excluding carboxylic acids is 1. The molecule has 0 atom stereocenters. The van der Waals surface area contributed by atoms with E-state index in [9.17, 15) is 4.79 Å². The molecule has 4 nitrogen and oxygen atoms in total. The van der Waals surface area contributed by atoms with Gasteiger partial charge >= 0.3 is 0 Å². The first kappa shape index (κ1) is 16.0. The van der Waals surface area contributed by atoms with Crippen LogP contribution in [0.25, 0.3) is 0 Å². The summed E-state index contributed by atoms with van der Waals surface area (Å²) in [7, 11) is 0. The highest BCUT2D eigenvalue weighted by atomic mass is 32.1. The highest BCUT2D eigenvalue weighted by Crippen LogP contribution is 2.19. The van der Waals surface area contributed by atoms with E-state index in [1.54, 1.807) is 11.3 Å². The van der Waals surface area contributed by atoms with Crippen LogP contribution in [0.2, 0.25) is 0 Å². The summed E-state index contributed by atoms with van der Waals surface area (Å²) in [6.07, 6.45) is 3.26. The van der Waals surface area contributed by atoms with Crippen molar-refractivity contribution in [1.29, 1.82) is 0 Å². The molecule has 3 rings (SSSR count). The average molecular weight is 329 g/mol. The number of aromatic nitrogens is 1. The van der Waals surface area contributed by atoms with Crippen LogP contribution in [0.3, 0.4) is 0 Å². The van der Waals surface area contributed by atoms with Crippen LogP contribution in [0.15, 0.2) is 29.8 Å². The second-order valence-electron chi connectivity index (χ2n) is 6.11. The number of thiazole rings is 1. The number of benzene rings is 1. The normalized spacial score (nSPS) is 15.0. The van der Waals surface area contributed by atoms with Crippen LogP contribution in [0, 0.1) is 13.8 Å². The fraction of sp³-hybridized carbons (Fsp3) is 0.444. The largest absolute Gasteiger partial charge is 0.345 e. The molecule has 1 aromatic carbocycles. The lowest BCUT2D eigenvalue weighted by Crippen LogP contribution is -2.48. The van der Waals surface area contributed by atoms with Gasteiger partial charge in [0.25, 0.3) is 0 Å². The van der Waals surface area contributed by atoms with Gasteiger partial charge in [0.05, 0.1) is 0 Å². The molecule has 0 N–H and O–H groups in total. The number of hydrogen-bond donors (Lipinski definition) is 0. The van der Waals surface area contributed by atoms with Crippen LogP contribution in [0.5, 0.6) is 0 Å². The number of amides is 1. The number of hydrogen-bond acceptors (Lipinski definition) is 4. The minimum atomic E-state index is 0.267. The number of aryl methyl sites for hydroxylation is 3. The molecule has 1 amide bonds. The molecule has 122 valence electrons. The molecule has 0 aliphatic carbocycles. The van der Waals surface area contributed by atoms with Crippen molar-refractivity contribution in [2.24, 2.45) is 0 Å². The zero-order valence-corrected chi connectivity index (χ0v) is 14.6. The summed E-state index contributed by atoms with van der Waals surface area (Å²) in [6.45, 7) is 7.58. The Labute approximate surface area is 141 Å². The van der Waals surface area contributed by atoms with E-state index in [-0.39, 0.29) is 5.91 Å². The van der Waals surface area contributed by atoms with Gasteiger partial charge in [0, 0.05) is 44.2 Å². The third kappa shape index (κ3) is 3.91. The van der Waals surface area contributed by atoms with Gasteiger partial charge in [-0.1, -0.05) is 23.8 Å². The standard InChI is InChI=1S/C18H23N3OS/c1-14-3-4-16(15(2)13-14)5-6-17(22)20-8-10-21(11-9-20)18-19-7-12-23-18/h3-4,7,12-13H,5-6,8-11H2,1-2H3. The summed E-state index contributed by atoms with van der Waals surface area (Å²) < 4.78 is 0.